The van der Waals surface area contributed by atoms with E-state index in [1.807, 2.05) is 25.1 Å². The van der Waals surface area contributed by atoms with Gasteiger partial charge in [0.15, 0.2) is 0 Å². The lowest BCUT2D eigenvalue weighted by Crippen LogP contribution is -2.52. The maximum atomic E-state index is 12.4. The number of rotatable bonds is 3. The Hall–Kier alpha value is -0.540. The van der Waals surface area contributed by atoms with Crippen LogP contribution >= 0.6 is 27.5 Å². The Labute approximate surface area is 134 Å². The Kier molecular flexibility index (Phi) is 5.14. The molecule has 4 heteroatoms. The van der Waals surface area contributed by atoms with Gasteiger partial charge in [0.1, 0.15) is 0 Å². The summed E-state index contributed by atoms with van der Waals surface area (Å²) >= 11 is 9.62. The quantitative estimate of drug-likeness (QED) is 0.781. The Morgan fingerprint density at radius 1 is 1.45 bits per heavy atom. The topological polar surface area (TPSA) is 29.1 Å². The van der Waals surface area contributed by atoms with Crippen LogP contribution in [0.3, 0.4) is 0 Å². The molecule has 0 aromatic heterocycles. The van der Waals surface area contributed by atoms with Gasteiger partial charge in [-0.05, 0) is 56.2 Å². The van der Waals surface area contributed by atoms with E-state index in [4.69, 9.17) is 11.6 Å². The first-order valence-corrected chi connectivity index (χ1v) is 8.43. The number of halogens is 2. The van der Waals surface area contributed by atoms with Gasteiger partial charge in [0.05, 0.1) is 5.54 Å². The average Bonchev–Trinajstić information content (AvgIpc) is 2.44. The maximum Gasteiger partial charge on any atom is 0.251 e. The summed E-state index contributed by atoms with van der Waals surface area (Å²) in [5, 5.41) is 3.17. The average molecular weight is 359 g/mol. The molecule has 0 radical (unpaired) electrons. The molecule has 0 unspecified atom stereocenters. The molecule has 0 aliphatic heterocycles. The number of aryl methyl sites for hydroxylation is 1. The molecule has 1 aliphatic rings. The zero-order chi connectivity index (χ0) is 14.8. The summed E-state index contributed by atoms with van der Waals surface area (Å²) in [5.41, 5.74) is 1.58. The van der Waals surface area contributed by atoms with Gasteiger partial charge >= 0.3 is 0 Å². The molecule has 110 valence electrons. The van der Waals surface area contributed by atoms with Crippen molar-refractivity contribution in [3.8, 4) is 0 Å². The first-order valence-electron chi connectivity index (χ1n) is 7.10. The molecule has 0 heterocycles. The Bertz CT molecular complexity index is 495. The molecule has 1 amide bonds. The molecule has 1 N–H and O–H groups in total. The van der Waals surface area contributed by atoms with Crippen molar-refractivity contribution in [1.82, 2.24) is 5.32 Å². The summed E-state index contributed by atoms with van der Waals surface area (Å²) in [6.45, 7) is 4.27. The van der Waals surface area contributed by atoms with Crippen LogP contribution in [0.1, 0.15) is 48.5 Å². The van der Waals surface area contributed by atoms with Crippen molar-refractivity contribution in [3.05, 3.63) is 33.8 Å². The number of carbonyl (C=O) groups excluding carboxylic acids is 1. The first-order chi connectivity index (χ1) is 9.46. The molecule has 1 aromatic carbocycles. The molecule has 0 saturated heterocycles. The number of hydrogen-bond acceptors (Lipinski definition) is 1. The molecule has 2 nitrogen and oxygen atoms in total. The van der Waals surface area contributed by atoms with Crippen molar-refractivity contribution in [2.24, 2.45) is 5.92 Å². The van der Waals surface area contributed by atoms with Crippen molar-refractivity contribution in [2.75, 3.05) is 5.88 Å². The van der Waals surface area contributed by atoms with Crippen LogP contribution in [0.25, 0.3) is 0 Å². The number of carbonyl (C=O) groups is 1. The predicted molar refractivity (Wildman–Crippen MR) is 87.4 cm³/mol. The molecule has 1 fully saturated rings. The van der Waals surface area contributed by atoms with Crippen molar-refractivity contribution < 1.29 is 4.79 Å². The van der Waals surface area contributed by atoms with Crippen LogP contribution in [0.5, 0.6) is 0 Å². The Morgan fingerprint density at radius 3 is 2.65 bits per heavy atom. The number of hydrogen-bond donors (Lipinski definition) is 1. The van der Waals surface area contributed by atoms with Gasteiger partial charge in [0.25, 0.3) is 5.91 Å². The second-order valence-electron chi connectivity index (χ2n) is 6.01. The molecule has 0 bridgehead atoms. The summed E-state index contributed by atoms with van der Waals surface area (Å²) < 4.78 is 0.960. The van der Waals surface area contributed by atoms with E-state index >= 15 is 0 Å². The second kappa shape index (κ2) is 6.48. The summed E-state index contributed by atoms with van der Waals surface area (Å²) in [7, 11) is 0. The molecular weight excluding hydrogens is 338 g/mol. The second-order valence-corrected chi connectivity index (χ2v) is 7.14. The van der Waals surface area contributed by atoms with Crippen molar-refractivity contribution in [2.45, 2.75) is 45.1 Å². The van der Waals surface area contributed by atoms with Gasteiger partial charge in [-0.1, -0.05) is 28.9 Å². The molecule has 1 aromatic rings. The lowest BCUT2D eigenvalue weighted by atomic mass is 9.78. The van der Waals surface area contributed by atoms with Gasteiger partial charge in [-0.15, -0.1) is 11.6 Å². The largest absolute Gasteiger partial charge is 0.345 e. The number of alkyl halides is 1. The highest BCUT2D eigenvalue weighted by atomic mass is 79.9. The molecule has 2 rings (SSSR count). The number of benzene rings is 1. The van der Waals surface area contributed by atoms with Crippen LogP contribution in [0.4, 0.5) is 0 Å². The van der Waals surface area contributed by atoms with E-state index in [0.717, 1.165) is 41.6 Å². The van der Waals surface area contributed by atoms with E-state index < -0.39 is 0 Å². The number of amides is 1. The van der Waals surface area contributed by atoms with Crippen molar-refractivity contribution in [1.29, 1.82) is 0 Å². The van der Waals surface area contributed by atoms with Crippen LogP contribution in [0.2, 0.25) is 0 Å². The normalized spacial score (nSPS) is 26.3. The van der Waals surface area contributed by atoms with E-state index in [0.29, 0.717) is 11.4 Å². The van der Waals surface area contributed by atoms with Gasteiger partial charge in [-0.25, -0.2) is 0 Å². The third-order valence-electron chi connectivity index (χ3n) is 4.30. The van der Waals surface area contributed by atoms with E-state index in [-0.39, 0.29) is 11.4 Å². The fourth-order valence-corrected chi connectivity index (χ4v) is 3.37. The third kappa shape index (κ3) is 3.56. The highest BCUT2D eigenvalue weighted by Gasteiger charge is 2.35. The summed E-state index contributed by atoms with van der Waals surface area (Å²) in [6.07, 6.45) is 4.20. The summed E-state index contributed by atoms with van der Waals surface area (Å²) in [4.78, 5) is 12.4. The minimum Gasteiger partial charge on any atom is -0.345 e. The van der Waals surface area contributed by atoms with Crippen LogP contribution in [0.15, 0.2) is 22.7 Å². The highest BCUT2D eigenvalue weighted by Crippen LogP contribution is 2.33. The first kappa shape index (κ1) is 15.8. The van der Waals surface area contributed by atoms with Gasteiger partial charge < -0.3 is 5.32 Å². The van der Waals surface area contributed by atoms with E-state index in [1.165, 1.54) is 0 Å². The van der Waals surface area contributed by atoms with Crippen LogP contribution < -0.4 is 5.32 Å². The van der Waals surface area contributed by atoms with Gasteiger partial charge in [-0.2, -0.15) is 0 Å². The van der Waals surface area contributed by atoms with Crippen LogP contribution in [-0.4, -0.2) is 17.3 Å². The van der Waals surface area contributed by atoms with Gasteiger partial charge in [0, 0.05) is 15.9 Å². The fraction of sp³-hybridized carbons (Fsp3) is 0.562. The zero-order valence-corrected chi connectivity index (χ0v) is 14.4. The fourth-order valence-electron chi connectivity index (χ4n) is 2.65. The van der Waals surface area contributed by atoms with Crippen LogP contribution in [-0.2, 0) is 0 Å². The summed E-state index contributed by atoms with van der Waals surface area (Å²) in [6, 6.07) is 5.69. The summed E-state index contributed by atoms with van der Waals surface area (Å²) in [5.74, 6) is 1.19. The smallest absolute Gasteiger partial charge is 0.251 e. The SMILES string of the molecule is Cc1ccc(C(=O)NC2(CCl)CCC(C)CC2)cc1Br. The van der Waals surface area contributed by atoms with E-state index in [2.05, 4.69) is 28.2 Å². The third-order valence-corrected chi connectivity index (χ3v) is 5.67. The van der Waals surface area contributed by atoms with Gasteiger partial charge in [-0.3, -0.25) is 4.79 Å². The molecule has 1 aliphatic carbocycles. The van der Waals surface area contributed by atoms with Crippen molar-refractivity contribution in [3.63, 3.8) is 0 Å². The molecular formula is C16H21BrClNO. The van der Waals surface area contributed by atoms with Gasteiger partial charge in [0.2, 0.25) is 0 Å². The lowest BCUT2D eigenvalue weighted by Gasteiger charge is -2.38. The van der Waals surface area contributed by atoms with Crippen LogP contribution in [0, 0.1) is 12.8 Å². The van der Waals surface area contributed by atoms with E-state index in [1.54, 1.807) is 0 Å². The lowest BCUT2D eigenvalue weighted by molar-refractivity contribution is 0.0872. The maximum absolute atomic E-state index is 12.4. The minimum atomic E-state index is -0.234. The van der Waals surface area contributed by atoms with Crippen molar-refractivity contribution >= 4 is 33.4 Å². The molecule has 0 spiro atoms. The highest BCUT2D eigenvalue weighted by molar-refractivity contribution is 9.10. The molecule has 20 heavy (non-hydrogen) atoms. The predicted octanol–water partition coefficient (Wildman–Crippen LogP) is 4.68. The zero-order valence-electron chi connectivity index (χ0n) is 12.0. The Morgan fingerprint density at radius 2 is 2.10 bits per heavy atom. The standard InChI is InChI=1S/C16H21BrClNO/c1-11-5-7-16(10-18,8-6-11)19-15(20)13-4-3-12(2)14(17)9-13/h3-4,9,11H,5-8,10H2,1-2H3,(H,19,20). The minimum absolute atomic E-state index is 0.0269. The Balaban J connectivity index is 2.11. The number of nitrogens with one attached hydrogen (secondary N) is 1. The molecule has 1 saturated carbocycles. The molecule has 0 atom stereocenters. The monoisotopic (exact) mass is 357 g/mol. The van der Waals surface area contributed by atoms with E-state index in [9.17, 15) is 4.79 Å².